The smallest absolute Gasteiger partial charge is 0.305 e. The molecule has 100 valence electrons. The summed E-state index contributed by atoms with van der Waals surface area (Å²) in [7, 11) is -0.722. The van der Waals surface area contributed by atoms with E-state index >= 15 is 0 Å². The number of rotatable bonds is 5. The number of carboxylic acid groups (broad SMARTS) is 1. The number of carbonyl (C=O) groups is 1. The van der Waals surface area contributed by atoms with Gasteiger partial charge in [-0.05, 0) is 12.8 Å². The molecule has 2 N–H and O–H groups in total. The van der Waals surface area contributed by atoms with Gasteiger partial charge >= 0.3 is 5.97 Å². The van der Waals surface area contributed by atoms with Gasteiger partial charge in [0.15, 0.2) is 0 Å². The van der Waals surface area contributed by atoms with Gasteiger partial charge in [0.05, 0.1) is 6.42 Å². The van der Waals surface area contributed by atoms with Crippen molar-refractivity contribution in [3.05, 3.63) is 0 Å². The minimum Gasteiger partial charge on any atom is -0.481 e. The Balaban J connectivity index is 2.87. The lowest BCUT2D eigenvalue weighted by molar-refractivity contribution is -0.138. The zero-order valence-electron chi connectivity index (χ0n) is 10.3. The number of hydrogen-bond acceptors (Lipinski definition) is 3. The van der Waals surface area contributed by atoms with E-state index < -0.39 is 21.7 Å². The minimum absolute atomic E-state index is 0.153. The van der Waals surface area contributed by atoms with Crippen molar-refractivity contribution in [3.8, 4) is 0 Å². The van der Waals surface area contributed by atoms with Gasteiger partial charge in [0, 0.05) is 19.6 Å². The molecule has 0 atom stereocenters. The van der Waals surface area contributed by atoms with Crippen LogP contribution in [0.3, 0.4) is 0 Å². The van der Waals surface area contributed by atoms with Gasteiger partial charge in [-0.1, -0.05) is 19.3 Å². The molecule has 0 aromatic heterocycles. The molecule has 0 heterocycles. The Morgan fingerprint density at radius 3 is 2.24 bits per heavy atom. The van der Waals surface area contributed by atoms with Gasteiger partial charge in [0.2, 0.25) is 0 Å². The predicted octanol–water partition coefficient (Wildman–Crippen LogP) is 0.560. The Morgan fingerprint density at radius 2 is 1.82 bits per heavy atom. The largest absolute Gasteiger partial charge is 0.481 e. The Labute approximate surface area is 102 Å². The van der Waals surface area contributed by atoms with Gasteiger partial charge in [0.1, 0.15) is 0 Å². The highest BCUT2D eigenvalue weighted by molar-refractivity contribution is 7.87. The number of nitrogens with zero attached hydrogens (tertiary/aromatic N) is 1. The molecule has 0 bridgehead atoms. The zero-order chi connectivity index (χ0) is 13.1. The van der Waals surface area contributed by atoms with Crippen molar-refractivity contribution in [3.63, 3.8) is 0 Å². The van der Waals surface area contributed by atoms with E-state index in [-0.39, 0.29) is 6.42 Å². The summed E-state index contributed by atoms with van der Waals surface area (Å²) < 4.78 is 27.2. The lowest BCUT2D eigenvalue weighted by Crippen LogP contribution is -2.54. The number of hydrogen-bond donors (Lipinski definition) is 2. The molecule has 1 rings (SSSR count). The van der Waals surface area contributed by atoms with Crippen molar-refractivity contribution in [2.45, 2.75) is 44.1 Å². The van der Waals surface area contributed by atoms with Gasteiger partial charge in [-0.2, -0.15) is 17.4 Å². The third-order valence-corrected chi connectivity index (χ3v) is 4.78. The Kier molecular flexibility index (Phi) is 4.51. The summed E-state index contributed by atoms with van der Waals surface area (Å²) >= 11 is 0. The molecule has 1 saturated carbocycles. The lowest BCUT2D eigenvalue weighted by Gasteiger charge is -2.37. The normalized spacial score (nSPS) is 20.4. The topological polar surface area (TPSA) is 86.7 Å². The summed E-state index contributed by atoms with van der Waals surface area (Å²) in [5.74, 6) is -0.964. The molecule has 0 saturated heterocycles. The molecule has 1 aliphatic carbocycles. The Hall–Kier alpha value is -0.660. The summed E-state index contributed by atoms with van der Waals surface area (Å²) in [6.45, 7) is 0. The second-order valence-corrected chi connectivity index (χ2v) is 6.69. The van der Waals surface area contributed by atoms with E-state index in [4.69, 9.17) is 5.11 Å². The first-order chi connectivity index (χ1) is 7.77. The maximum atomic E-state index is 11.8. The number of nitrogens with one attached hydrogen (secondary N) is 1. The fraction of sp³-hybridized carbons (Fsp3) is 0.900. The van der Waals surface area contributed by atoms with Crippen molar-refractivity contribution in [1.29, 1.82) is 0 Å². The second kappa shape index (κ2) is 5.32. The molecular formula is C10H20N2O4S. The molecule has 6 nitrogen and oxygen atoms in total. The molecule has 0 radical (unpaired) electrons. The first kappa shape index (κ1) is 14.4. The van der Waals surface area contributed by atoms with Crippen LogP contribution in [0, 0.1) is 0 Å². The molecule has 0 amide bonds. The third kappa shape index (κ3) is 3.93. The van der Waals surface area contributed by atoms with Crippen molar-refractivity contribution >= 4 is 16.2 Å². The molecule has 17 heavy (non-hydrogen) atoms. The lowest BCUT2D eigenvalue weighted by atomic mass is 9.80. The molecule has 0 aromatic carbocycles. The van der Waals surface area contributed by atoms with Crippen LogP contribution in [-0.2, 0) is 15.0 Å². The first-order valence-electron chi connectivity index (χ1n) is 5.71. The van der Waals surface area contributed by atoms with Crippen LogP contribution in [0.5, 0.6) is 0 Å². The van der Waals surface area contributed by atoms with Crippen LogP contribution in [-0.4, -0.2) is 43.4 Å². The first-order valence-corrected chi connectivity index (χ1v) is 7.15. The van der Waals surface area contributed by atoms with Gasteiger partial charge in [-0.3, -0.25) is 4.79 Å². The van der Waals surface area contributed by atoms with Crippen LogP contribution in [0.1, 0.15) is 38.5 Å². The predicted molar refractivity (Wildman–Crippen MR) is 63.8 cm³/mol. The van der Waals surface area contributed by atoms with Crippen LogP contribution in [0.25, 0.3) is 0 Å². The number of aliphatic carboxylic acids is 1. The zero-order valence-corrected chi connectivity index (χ0v) is 11.1. The highest BCUT2D eigenvalue weighted by Crippen LogP contribution is 2.31. The average molecular weight is 264 g/mol. The summed E-state index contributed by atoms with van der Waals surface area (Å²) in [6, 6.07) is 0. The number of carboxylic acids is 1. The molecule has 1 aliphatic rings. The van der Waals surface area contributed by atoms with Crippen LogP contribution in [0.2, 0.25) is 0 Å². The SMILES string of the molecule is CN(C)S(=O)(=O)NC1(CC(=O)O)CCCCC1. The van der Waals surface area contributed by atoms with Gasteiger partial charge < -0.3 is 5.11 Å². The van der Waals surface area contributed by atoms with Gasteiger partial charge in [-0.15, -0.1) is 0 Å². The van der Waals surface area contributed by atoms with Crippen molar-refractivity contribution in [1.82, 2.24) is 9.03 Å². The fourth-order valence-electron chi connectivity index (χ4n) is 2.20. The standard InChI is InChI=1S/C10H20N2O4S/c1-12(2)17(15,16)11-10(8-9(13)14)6-4-3-5-7-10/h11H,3-8H2,1-2H3,(H,13,14). The van der Waals surface area contributed by atoms with E-state index in [9.17, 15) is 13.2 Å². The summed E-state index contributed by atoms with van der Waals surface area (Å²) in [5, 5.41) is 8.92. The molecule has 0 spiro atoms. The summed E-state index contributed by atoms with van der Waals surface area (Å²) in [6.07, 6.45) is 3.79. The average Bonchev–Trinajstić information content (AvgIpc) is 2.16. The van der Waals surface area contributed by atoms with E-state index in [0.717, 1.165) is 23.6 Å². The Bertz CT molecular complexity index is 372. The summed E-state index contributed by atoms with van der Waals surface area (Å²) in [4.78, 5) is 10.9. The maximum absolute atomic E-state index is 11.8. The van der Waals surface area contributed by atoms with Crippen LogP contribution in [0.15, 0.2) is 0 Å². The molecule has 0 aromatic rings. The van der Waals surface area contributed by atoms with Crippen molar-refractivity contribution in [2.24, 2.45) is 0 Å². The fourth-order valence-corrected chi connectivity index (χ4v) is 3.20. The van der Waals surface area contributed by atoms with Gasteiger partial charge in [-0.25, -0.2) is 0 Å². The minimum atomic E-state index is -3.58. The van der Waals surface area contributed by atoms with E-state index in [1.165, 1.54) is 14.1 Å². The van der Waals surface area contributed by atoms with E-state index in [2.05, 4.69) is 4.72 Å². The highest BCUT2D eigenvalue weighted by atomic mass is 32.2. The molecular weight excluding hydrogens is 244 g/mol. The molecule has 1 fully saturated rings. The molecule has 0 unspecified atom stereocenters. The monoisotopic (exact) mass is 264 g/mol. The van der Waals surface area contributed by atoms with E-state index in [1.54, 1.807) is 0 Å². The van der Waals surface area contributed by atoms with Gasteiger partial charge in [0.25, 0.3) is 10.2 Å². The van der Waals surface area contributed by atoms with Crippen molar-refractivity contribution in [2.75, 3.05) is 14.1 Å². The quantitative estimate of drug-likeness (QED) is 0.759. The highest BCUT2D eigenvalue weighted by Gasteiger charge is 2.38. The molecule has 7 heteroatoms. The van der Waals surface area contributed by atoms with Crippen LogP contribution in [0.4, 0.5) is 0 Å². The second-order valence-electron chi connectivity index (χ2n) is 4.80. The third-order valence-electron chi connectivity index (χ3n) is 3.13. The Morgan fingerprint density at radius 1 is 1.29 bits per heavy atom. The maximum Gasteiger partial charge on any atom is 0.305 e. The van der Waals surface area contributed by atoms with Crippen molar-refractivity contribution < 1.29 is 18.3 Å². The van der Waals surface area contributed by atoms with Crippen LogP contribution < -0.4 is 4.72 Å². The van der Waals surface area contributed by atoms with Crippen LogP contribution >= 0.6 is 0 Å². The van der Waals surface area contributed by atoms with E-state index in [0.29, 0.717) is 12.8 Å². The summed E-state index contributed by atoms with van der Waals surface area (Å²) in [5.41, 5.74) is -0.812. The van der Waals surface area contributed by atoms with E-state index in [1.807, 2.05) is 0 Å². The molecule has 0 aliphatic heterocycles.